The van der Waals surface area contributed by atoms with Gasteiger partial charge in [0.1, 0.15) is 5.75 Å². The van der Waals surface area contributed by atoms with Gasteiger partial charge in [0.05, 0.1) is 11.5 Å². The zero-order valence-corrected chi connectivity index (χ0v) is 15.8. The first-order valence-electron chi connectivity index (χ1n) is 8.08. The number of anilines is 1. The zero-order chi connectivity index (χ0) is 18.4. The van der Waals surface area contributed by atoms with Crippen molar-refractivity contribution < 1.29 is 14.3 Å². The first-order chi connectivity index (χ1) is 11.9. The van der Waals surface area contributed by atoms with Gasteiger partial charge in [-0.25, -0.2) is 0 Å². The van der Waals surface area contributed by atoms with Crippen LogP contribution in [0.2, 0.25) is 0 Å². The zero-order valence-electron chi connectivity index (χ0n) is 15.0. The maximum absolute atomic E-state index is 12.0. The van der Waals surface area contributed by atoms with Crippen molar-refractivity contribution >= 4 is 29.3 Å². The molecular weight excluding hydrogens is 334 g/mol. The van der Waals surface area contributed by atoms with E-state index in [1.807, 2.05) is 64.1 Å². The Morgan fingerprint density at radius 2 is 1.56 bits per heavy atom. The normalized spacial score (nSPS) is 10.4. The first-order valence-corrected chi connectivity index (χ1v) is 9.24. The van der Waals surface area contributed by atoms with Crippen LogP contribution in [-0.4, -0.2) is 23.4 Å². The van der Waals surface area contributed by atoms with Crippen LogP contribution in [0.4, 0.5) is 5.69 Å². The Balaban J connectivity index is 1.80. The number of nitrogens with one attached hydrogen (secondary N) is 1. The molecule has 1 amide bonds. The quantitative estimate of drug-likeness (QED) is 0.622. The summed E-state index contributed by atoms with van der Waals surface area (Å²) in [6.07, 6.45) is 0. The van der Waals surface area contributed by atoms with Crippen LogP contribution >= 0.6 is 11.8 Å². The highest BCUT2D eigenvalue weighted by Crippen LogP contribution is 2.26. The van der Waals surface area contributed by atoms with Crippen molar-refractivity contribution in [3.8, 4) is 5.75 Å². The van der Waals surface area contributed by atoms with E-state index in [1.54, 1.807) is 0 Å². The Kier molecular flexibility index (Phi) is 6.65. The summed E-state index contributed by atoms with van der Waals surface area (Å²) < 4.78 is 5.48. The molecule has 0 aromatic heterocycles. The van der Waals surface area contributed by atoms with Crippen LogP contribution in [0.15, 0.2) is 36.4 Å². The standard InChI is InChI=1S/C20H23NO3S/c1-13-5-9-17(10-6-13)21-18(22)11-25-12-19(23)24-20-15(3)8-7-14(2)16(20)4/h5-10H,11-12H2,1-4H3,(H,21,22). The van der Waals surface area contributed by atoms with E-state index in [-0.39, 0.29) is 23.4 Å². The average molecular weight is 357 g/mol. The molecule has 2 aromatic rings. The summed E-state index contributed by atoms with van der Waals surface area (Å²) in [6.45, 7) is 7.82. The van der Waals surface area contributed by atoms with Crippen LogP contribution in [-0.2, 0) is 9.59 Å². The van der Waals surface area contributed by atoms with E-state index in [0.29, 0.717) is 5.75 Å². The summed E-state index contributed by atoms with van der Waals surface area (Å²) >= 11 is 1.24. The van der Waals surface area contributed by atoms with Crippen molar-refractivity contribution in [1.29, 1.82) is 0 Å². The molecule has 0 spiro atoms. The molecule has 4 nitrogen and oxygen atoms in total. The van der Waals surface area contributed by atoms with E-state index in [9.17, 15) is 9.59 Å². The monoisotopic (exact) mass is 357 g/mol. The molecule has 0 fully saturated rings. The predicted molar refractivity (Wildman–Crippen MR) is 103 cm³/mol. The van der Waals surface area contributed by atoms with Crippen LogP contribution < -0.4 is 10.1 Å². The van der Waals surface area contributed by atoms with Gasteiger partial charge in [-0.2, -0.15) is 0 Å². The molecule has 0 bridgehead atoms. The lowest BCUT2D eigenvalue weighted by Gasteiger charge is -2.12. The van der Waals surface area contributed by atoms with E-state index in [1.165, 1.54) is 11.8 Å². The number of thioether (sulfide) groups is 1. The summed E-state index contributed by atoms with van der Waals surface area (Å²) in [5.41, 5.74) is 4.87. The largest absolute Gasteiger partial charge is 0.425 e. The highest BCUT2D eigenvalue weighted by atomic mass is 32.2. The van der Waals surface area contributed by atoms with E-state index in [4.69, 9.17) is 4.74 Å². The molecule has 0 saturated heterocycles. The van der Waals surface area contributed by atoms with Crippen molar-refractivity contribution in [2.75, 3.05) is 16.8 Å². The lowest BCUT2D eigenvalue weighted by Crippen LogP contribution is -2.17. The van der Waals surface area contributed by atoms with Gasteiger partial charge in [-0.1, -0.05) is 29.8 Å². The van der Waals surface area contributed by atoms with Gasteiger partial charge < -0.3 is 10.1 Å². The lowest BCUT2D eigenvalue weighted by molar-refractivity contribution is -0.131. The second-order valence-electron chi connectivity index (χ2n) is 6.03. The van der Waals surface area contributed by atoms with Crippen molar-refractivity contribution in [2.45, 2.75) is 27.7 Å². The first kappa shape index (κ1) is 19.1. The number of amides is 1. The van der Waals surface area contributed by atoms with Crippen LogP contribution in [0.3, 0.4) is 0 Å². The Morgan fingerprint density at radius 3 is 2.24 bits per heavy atom. The van der Waals surface area contributed by atoms with Gasteiger partial charge in [0, 0.05) is 5.69 Å². The third kappa shape index (κ3) is 5.64. The molecule has 2 rings (SSSR count). The number of aryl methyl sites for hydroxylation is 3. The van der Waals surface area contributed by atoms with Gasteiger partial charge in [-0.05, 0) is 56.5 Å². The summed E-state index contributed by atoms with van der Waals surface area (Å²) in [5, 5.41) is 2.81. The van der Waals surface area contributed by atoms with Gasteiger partial charge >= 0.3 is 5.97 Å². The smallest absolute Gasteiger partial charge is 0.321 e. The molecule has 0 saturated carbocycles. The second-order valence-corrected chi connectivity index (χ2v) is 7.02. The number of rotatable bonds is 6. The molecule has 0 aliphatic carbocycles. The highest BCUT2D eigenvalue weighted by molar-refractivity contribution is 8.00. The minimum Gasteiger partial charge on any atom is -0.425 e. The van der Waals surface area contributed by atoms with Crippen LogP contribution in [0, 0.1) is 27.7 Å². The molecule has 1 N–H and O–H groups in total. The summed E-state index contributed by atoms with van der Waals surface area (Å²) in [5.74, 6) is 0.479. The maximum atomic E-state index is 12.0. The Bertz CT molecular complexity index is 769. The second kappa shape index (κ2) is 8.72. The molecule has 132 valence electrons. The fourth-order valence-corrected chi connectivity index (χ4v) is 2.87. The van der Waals surface area contributed by atoms with Gasteiger partial charge in [-0.15, -0.1) is 11.8 Å². The molecule has 0 aliphatic heterocycles. The van der Waals surface area contributed by atoms with Crippen LogP contribution in [0.25, 0.3) is 0 Å². The third-order valence-electron chi connectivity index (χ3n) is 3.88. The molecule has 0 radical (unpaired) electrons. The van der Waals surface area contributed by atoms with Crippen LogP contribution in [0.1, 0.15) is 22.3 Å². The van der Waals surface area contributed by atoms with Crippen molar-refractivity contribution in [3.63, 3.8) is 0 Å². The van der Waals surface area contributed by atoms with Gasteiger partial charge in [0.25, 0.3) is 0 Å². The summed E-state index contributed by atoms with van der Waals surface area (Å²) in [4.78, 5) is 23.9. The number of carbonyl (C=O) groups excluding carboxylic acids is 2. The molecule has 0 atom stereocenters. The molecule has 0 aliphatic rings. The Labute approximate surface area is 153 Å². The molecule has 5 heteroatoms. The minimum absolute atomic E-state index is 0.133. The fourth-order valence-electron chi connectivity index (χ4n) is 2.29. The predicted octanol–water partition coefficient (Wildman–Crippen LogP) is 4.20. The number of esters is 1. The maximum Gasteiger partial charge on any atom is 0.321 e. The SMILES string of the molecule is Cc1ccc(NC(=O)CSCC(=O)Oc2c(C)ccc(C)c2C)cc1. The molecule has 0 unspecified atom stereocenters. The van der Waals surface area contributed by atoms with E-state index >= 15 is 0 Å². The third-order valence-corrected chi connectivity index (χ3v) is 4.78. The van der Waals surface area contributed by atoms with Crippen molar-refractivity contribution in [2.24, 2.45) is 0 Å². The number of benzene rings is 2. The van der Waals surface area contributed by atoms with Crippen LogP contribution in [0.5, 0.6) is 5.75 Å². The summed E-state index contributed by atoms with van der Waals surface area (Å²) in [7, 11) is 0. The minimum atomic E-state index is -0.343. The van der Waals surface area contributed by atoms with E-state index in [0.717, 1.165) is 27.9 Å². The Hall–Kier alpha value is -2.27. The highest BCUT2D eigenvalue weighted by Gasteiger charge is 2.12. The van der Waals surface area contributed by atoms with Crippen molar-refractivity contribution in [3.05, 3.63) is 58.7 Å². The topological polar surface area (TPSA) is 55.4 Å². The molecule has 0 heterocycles. The van der Waals surface area contributed by atoms with E-state index in [2.05, 4.69) is 5.32 Å². The van der Waals surface area contributed by atoms with Gasteiger partial charge in [0.15, 0.2) is 0 Å². The number of hydrogen-bond acceptors (Lipinski definition) is 4. The molecular formula is C20H23NO3S. The molecule has 2 aromatic carbocycles. The van der Waals surface area contributed by atoms with Gasteiger partial charge in [-0.3, -0.25) is 9.59 Å². The number of ether oxygens (including phenoxy) is 1. The lowest BCUT2D eigenvalue weighted by atomic mass is 10.1. The van der Waals surface area contributed by atoms with Gasteiger partial charge in [0.2, 0.25) is 5.91 Å². The number of carbonyl (C=O) groups is 2. The fraction of sp³-hybridized carbons (Fsp3) is 0.300. The number of hydrogen-bond donors (Lipinski definition) is 1. The van der Waals surface area contributed by atoms with E-state index < -0.39 is 0 Å². The Morgan fingerprint density at radius 1 is 0.920 bits per heavy atom. The summed E-state index contributed by atoms with van der Waals surface area (Å²) in [6, 6.07) is 11.5. The molecule has 25 heavy (non-hydrogen) atoms. The van der Waals surface area contributed by atoms with Crippen molar-refractivity contribution in [1.82, 2.24) is 0 Å². The average Bonchev–Trinajstić information content (AvgIpc) is 2.57.